The Kier molecular flexibility index (Phi) is 5.11. The number of halogens is 4. The van der Waals surface area contributed by atoms with Crippen LogP contribution in [-0.2, 0) is 13.2 Å². The first kappa shape index (κ1) is 15.4. The van der Waals surface area contributed by atoms with Gasteiger partial charge in [-0.3, -0.25) is 0 Å². The van der Waals surface area contributed by atoms with Crippen molar-refractivity contribution in [2.45, 2.75) is 13.2 Å². The summed E-state index contributed by atoms with van der Waals surface area (Å²) in [6.45, 7) is 0.317. The molecule has 0 aliphatic heterocycles. The molecular formula is C14H11Cl3FNO. The summed E-state index contributed by atoms with van der Waals surface area (Å²) in [6.07, 6.45) is 0. The van der Waals surface area contributed by atoms with Crippen molar-refractivity contribution in [3.63, 3.8) is 0 Å². The molecule has 2 rings (SSSR count). The Hall–Kier alpha value is -1.00. The Balaban J connectivity index is 2.25. The lowest BCUT2D eigenvalue weighted by Crippen LogP contribution is -2.04. The van der Waals surface area contributed by atoms with E-state index in [1.54, 1.807) is 12.1 Å². The van der Waals surface area contributed by atoms with Gasteiger partial charge in [0.05, 0.1) is 5.02 Å². The highest BCUT2D eigenvalue weighted by molar-refractivity contribution is 6.35. The fourth-order valence-electron chi connectivity index (χ4n) is 1.73. The van der Waals surface area contributed by atoms with Crippen LogP contribution < -0.4 is 10.5 Å². The van der Waals surface area contributed by atoms with Crippen LogP contribution in [0.2, 0.25) is 15.1 Å². The highest BCUT2D eigenvalue weighted by Gasteiger charge is 2.11. The smallest absolute Gasteiger partial charge is 0.142 e. The van der Waals surface area contributed by atoms with E-state index in [1.807, 2.05) is 0 Å². The van der Waals surface area contributed by atoms with Crippen molar-refractivity contribution >= 4 is 34.8 Å². The summed E-state index contributed by atoms with van der Waals surface area (Å²) in [5.41, 5.74) is 6.83. The number of rotatable bonds is 4. The highest BCUT2D eigenvalue weighted by Crippen LogP contribution is 2.33. The lowest BCUT2D eigenvalue weighted by atomic mass is 10.2. The Morgan fingerprint density at radius 2 is 1.75 bits per heavy atom. The molecule has 0 spiro atoms. The zero-order valence-electron chi connectivity index (χ0n) is 10.3. The van der Waals surface area contributed by atoms with Crippen LogP contribution in [0.5, 0.6) is 5.75 Å². The third-order valence-electron chi connectivity index (χ3n) is 2.68. The van der Waals surface area contributed by atoms with Gasteiger partial charge in [0.25, 0.3) is 0 Å². The van der Waals surface area contributed by atoms with E-state index >= 15 is 0 Å². The van der Waals surface area contributed by atoms with Gasteiger partial charge in [0, 0.05) is 27.7 Å². The molecule has 6 heteroatoms. The Bertz CT molecular complexity index is 634. The van der Waals surface area contributed by atoms with E-state index in [-0.39, 0.29) is 19.0 Å². The van der Waals surface area contributed by atoms with Gasteiger partial charge in [0.15, 0.2) is 0 Å². The van der Waals surface area contributed by atoms with Crippen LogP contribution in [0.3, 0.4) is 0 Å². The Morgan fingerprint density at radius 3 is 2.45 bits per heavy atom. The predicted molar refractivity (Wildman–Crippen MR) is 80.1 cm³/mol. The molecule has 0 atom stereocenters. The van der Waals surface area contributed by atoms with Crippen molar-refractivity contribution in [1.29, 1.82) is 0 Å². The molecular weight excluding hydrogens is 324 g/mol. The molecule has 0 amide bonds. The van der Waals surface area contributed by atoms with E-state index in [9.17, 15) is 4.39 Å². The van der Waals surface area contributed by atoms with Crippen LogP contribution in [-0.4, -0.2) is 0 Å². The van der Waals surface area contributed by atoms with Gasteiger partial charge in [0.2, 0.25) is 0 Å². The first-order valence-corrected chi connectivity index (χ1v) is 6.89. The minimum Gasteiger partial charge on any atom is -0.487 e. The second kappa shape index (κ2) is 6.64. The molecule has 2 nitrogen and oxygen atoms in total. The number of ether oxygens (including phenoxy) is 1. The largest absolute Gasteiger partial charge is 0.487 e. The summed E-state index contributed by atoms with van der Waals surface area (Å²) >= 11 is 18.0. The third kappa shape index (κ3) is 3.55. The van der Waals surface area contributed by atoms with Gasteiger partial charge in [-0.15, -0.1) is 0 Å². The van der Waals surface area contributed by atoms with Crippen LogP contribution in [0, 0.1) is 5.82 Å². The topological polar surface area (TPSA) is 35.2 Å². The molecule has 2 N–H and O–H groups in total. The Labute approximate surface area is 131 Å². The molecule has 20 heavy (non-hydrogen) atoms. The van der Waals surface area contributed by atoms with E-state index < -0.39 is 0 Å². The quantitative estimate of drug-likeness (QED) is 0.869. The molecule has 0 unspecified atom stereocenters. The van der Waals surface area contributed by atoms with Crippen molar-refractivity contribution in [3.05, 3.63) is 62.3 Å². The fourth-order valence-corrected chi connectivity index (χ4v) is 2.49. The normalized spacial score (nSPS) is 10.7. The van der Waals surface area contributed by atoms with Crippen molar-refractivity contribution in [2.24, 2.45) is 5.73 Å². The van der Waals surface area contributed by atoms with Crippen LogP contribution in [0.15, 0.2) is 30.3 Å². The van der Waals surface area contributed by atoms with Gasteiger partial charge in [0.1, 0.15) is 18.2 Å². The van der Waals surface area contributed by atoms with Crippen LogP contribution in [0.1, 0.15) is 11.1 Å². The minimum atomic E-state index is -0.380. The minimum absolute atomic E-state index is 0.0882. The van der Waals surface area contributed by atoms with E-state index in [0.717, 1.165) is 0 Å². The maximum Gasteiger partial charge on any atom is 0.142 e. The molecule has 2 aromatic rings. The zero-order chi connectivity index (χ0) is 14.7. The molecule has 0 heterocycles. The fraction of sp³-hybridized carbons (Fsp3) is 0.143. The van der Waals surface area contributed by atoms with Crippen molar-refractivity contribution in [3.8, 4) is 5.75 Å². The molecule has 0 bridgehead atoms. The monoisotopic (exact) mass is 333 g/mol. The summed E-state index contributed by atoms with van der Waals surface area (Å²) in [4.78, 5) is 0. The number of nitrogens with two attached hydrogens (primary N) is 1. The molecule has 2 aromatic carbocycles. The molecule has 0 saturated carbocycles. The van der Waals surface area contributed by atoms with E-state index in [1.165, 1.54) is 18.2 Å². The average Bonchev–Trinajstić information content (AvgIpc) is 2.40. The third-order valence-corrected chi connectivity index (χ3v) is 3.55. The van der Waals surface area contributed by atoms with Gasteiger partial charge in [-0.05, 0) is 30.3 Å². The molecule has 0 aliphatic rings. The predicted octanol–water partition coefficient (Wildman–Crippen LogP) is 4.82. The van der Waals surface area contributed by atoms with E-state index in [2.05, 4.69) is 0 Å². The summed E-state index contributed by atoms with van der Waals surface area (Å²) in [6, 6.07) is 7.31. The van der Waals surface area contributed by atoms with Crippen LogP contribution in [0.25, 0.3) is 0 Å². The van der Waals surface area contributed by atoms with E-state index in [4.69, 9.17) is 45.3 Å². The number of hydrogen-bond donors (Lipinski definition) is 1. The first-order chi connectivity index (χ1) is 9.51. The molecule has 0 saturated heterocycles. The van der Waals surface area contributed by atoms with Gasteiger partial charge >= 0.3 is 0 Å². The first-order valence-electron chi connectivity index (χ1n) is 5.76. The number of benzene rings is 2. The molecule has 0 fully saturated rings. The van der Waals surface area contributed by atoms with Crippen molar-refractivity contribution in [1.82, 2.24) is 0 Å². The van der Waals surface area contributed by atoms with Crippen LogP contribution >= 0.6 is 34.8 Å². The molecule has 0 aliphatic carbocycles. The second-order valence-corrected chi connectivity index (χ2v) is 5.36. The van der Waals surface area contributed by atoms with Crippen LogP contribution in [0.4, 0.5) is 4.39 Å². The average molecular weight is 335 g/mol. The van der Waals surface area contributed by atoms with Gasteiger partial charge in [-0.1, -0.05) is 34.8 Å². The van der Waals surface area contributed by atoms with E-state index in [0.29, 0.717) is 31.9 Å². The zero-order valence-corrected chi connectivity index (χ0v) is 12.6. The SMILES string of the molecule is NCc1cc(Cl)cc(Cl)c1OCc1cc(F)ccc1Cl. The van der Waals surface area contributed by atoms with Crippen molar-refractivity contribution < 1.29 is 9.13 Å². The lowest BCUT2D eigenvalue weighted by Gasteiger charge is -2.13. The molecule has 106 valence electrons. The summed E-state index contributed by atoms with van der Waals surface area (Å²) < 4.78 is 18.8. The summed E-state index contributed by atoms with van der Waals surface area (Å²) in [5, 5.41) is 1.25. The van der Waals surface area contributed by atoms with Gasteiger partial charge in [-0.2, -0.15) is 0 Å². The molecule has 0 aromatic heterocycles. The standard InChI is InChI=1S/C14H11Cl3FNO/c15-10-3-8(6-19)14(13(17)5-10)20-7-9-4-11(18)1-2-12(9)16/h1-5H,6-7,19H2. The highest BCUT2D eigenvalue weighted by atomic mass is 35.5. The Morgan fingerprint density at radius 1 is 1.00 bits per heavy atom. The maximum atomic E-state index is 13.2. The lowest BCUT2D eigenvalue weighted by molar-refractivity contribution is 0.302. The maximum absolute atomic E-state index is 13.2. The summed E-state index contributed by atoms with van der Waals surface area (Å²) in [5.74, 6) is 0.0492. The second-order valence-electron chi connectivity index (χ2n) is 4.10. The van der Waals surface area contributed by atoms with Gasteiger partial charge in [-0.25, -0.2) is 4.39 Å². The number of hydrogen-bond acceptors (Lipinski definition) is 2. The summed E-state index contributed by atoms with van der Waals surface area (Å²) in [7, 11) is 0. The molecule has 0 radical (unpaired) electrons. The van der Waals surface area contributed by atoms with Crippen molar-refractivity contribution in [2.75, 3.05) is 0 Å². The van der Waals surface area contributed by atoms with Gasteiger partial charge < -0.3 is 10.5 Å².